The molecule has 0 amide bonds. The molecule has 0 fully saturated rings. The van der Waals surface area contributed by atoms with Gasteiger partial charge in [-0.15, -0.1) is 11.3 Å². The Morgan fingerprint density at radius 3 is 2.94 bits per heavy atom. The third-order valence-electron chi connectivity index (χ3n) is 1.98. The highest BCUT2D eigenvalue weighted by atomic mass is 35.5. The van der Waals surface area contributed by atoms with Crippen molar-refractivity contribution in [3.05, 3.63) is 45.4 Å². The predicted molar refractivity (Wildman–Crippen MR) is 65.9 cm³/mol. The van der Waals surface area contributed by atoms with Crippen molar-refractivity contribution in [3.8, 4) is 0 Å². The Kier molecular flexibility index (Phi) is 3.22. The molecule has 2 rings (SSSR count). The molecule has 0 radical (unpaired) electrons. The molecule has 2 aromatic rings. The van der Waals surface area contributed by atoms with Crippen LogP contribution in [0.3, 0.4) is 0 Å². The highest BCUT2D eigenvalue weighted by Gasteiger charge is 2.03. The lowest BCUT2D eigenvalue weighted by molar-refractivity contribution is 0.104. The van der Waals surface area contributed by atoms with E-state index in [-0.39, 0.29) is 5.78 Å². The van der Waals surface area contributed by atoms with Crippen molar-refractivity contribution >= 4 is 34.8 Å². The molecule has 0 saturated heterocycles. The lowest BCUT2D eigenvalue weighted by Crippen LogP contribution is -1.91. The van der Waals surface area contributed by atoms with Crippen LogP contribution in [0.4, 0.5) is 0 Å². The van der Waals surface area contributed by atoms with E-state index in [0.29, 0.717) is 9.90 Å². The maximum absolute atomic E-state index is 11.7. The zero-order valence-electron chi connectivity index (χ0n) is 8.55. The van der Waals surface area contributed by atoms with E-state index in [2.05, 4.69) is 5.10 Å². The minimum atomic E-state index is -0.0578. The average Bonchev–Trinajstić information content (AvgIpc) is 2.84. The molecule has 0 unspecified atom stereocenters. The van der Waals surface area contributed by atoms with E-state index in [1.165, 1.54) is 17.4 Å². The highest BCUT2D eigenvalue weighted by molar-refractivity contribution is 7.17. The first kappa shape index (κ1) is 11.1. The molecule has 2 aromatic heterocycles. The maximum Gasteiger partial charge on any atom is 0.189 e. The van der Waals surface area contributed by atoms with Crippen molar-refractivity contribution < 1.29 is 4.79 Å². The number of allylic oxidation sites excluding steroid dienone is 1. The second kappa shape index (κ2) is 4.63. The van der Waals surface area contributed by atoms with Crippen LogP contribution < -0.4 is 0 Å². The second-order valence-electron chi connectivity index (χ2n) is 3.24. The Hall–Kier alpha value is -1.39. The Morgan fingerprint density at radius 2 is 2.38 bits per heavy atom. The molecule has 3 nitrogen and oxygen atoms in total. The standard InChI is InChI=1S/C11H9ClN2OS/c1-14-7-8(6-13-14)10(15)4-2-9-3-5-11(12)16-9/h2-7H,1H3/b4-2+. The van der Waals surface area contributed by atoms with E-state index in [1.54, 1.807) is 36.3 Å². The molecule has 16 heavy (non-hydrogen) atoms. The van der Waals surface area contributed by atoms with Gasteiger partial charge < -0.3 is 0 Å². The lowest BCUT2D eigenvalue weighted by atomic mass is 10.2. The molecular weight excluding hydrogens is 244 g/mol. The van der Waals surface area contributed by atoms with Gasteiger partial charge in [-0.25, -0.2) is 0 Å². The summed E-state index contributed by atoms with van der Waals surface area (Å²) in [5, 5.41) is 3.94. The number of carbonyl (C=O) groups excluding carboxylic acids is 1. The molecule has 2 heterocycles. The molecule has 0 bridgehead atoms. The van der Waals surface area contributed by atoms with Crippen molar-refractivity contribution in [1.82, 2.24) is 9.78 Å². The SMILES string of the molecule is Cn1cc(C(=O)/C=C/c2ccc(Cl)s2)cn1. The van der Waals surface area contributed by atoms with Crippen molar-refractivity contribution in [2.24, 2.45) is 7.05 Å². The smallest absolute Gasteiger partial charge is 0.189 e. The van der Waals surface area contributed by atoms with Crippen LogP contribution in [0.15, 0.2) is 30.6 Å². The van der Waals surface area contributed by atoms with E-state index in [4.69, 9.17) is 11.6 Å². The molecule has 0 aliphatic heterocycles. The van der Waals surface area contributed by atoms with Gasteiger partial charge >= 0.3 is 0 Å². The summed E-state index contributed by atoms with van der Waals surface area (Å²) in [6, 6.07) is 3.68. The number of hydrogen-bond donors (Lipinski definition) is 0. The highest BCUT2D eigenvalue weighted by Crippen LogP contribution is 2.22. The van der Waals surface area contributed by atoms with Crippen molar-refractivity contribution in [1.29, 1.82) is 0 Å². The summed E-state index contributed by atoms with van der Waals surface area (Å²) >= 11 is 7.22. The van der Waals surface area contributed by atoms with E-state index in [0.717, 1.165) is 4.88 Å². The first-order chi connectivity index (χ1) is 7.65. The quantitative estimate of drug-likeness (QED) is 0.622. The van der Waals surface area contributed by atoms with E-state index in [9.17, 15) is 4.79 Å². The normalized spacial score (nSPS) is 11.1. The zero-order valence-corrected chi connectivity index (χ0v) is 10.1. The number of carbonyl (C=O) groups is 1. The van der Waals surface area contributed by atoms with Gasteiger partial charge in [0.15, 0.2) is 5.78 Å². The molecular formula is C11H9ClN2OS. The van der Waals surface area contributed by atoms with E-state index < -0.39 is 0 Å². The van der Waals surface area contributed by atoms with Gasteiger partial charge in [0.1, 0.15) is 0 Å². The first-order valence-corrected chi connectivity index (χ1v) is 5.81. The molecule has 82 valence electrons. The van der Waals surface area contributed by atoms with Gasteiger partial charge in [0.25, 0.3) is 0 Å². The molecule has 0 atom stereocenters. The monoisotopic (exact) mass is 252 g/mol. The van der Waals surface area contributed by atoms with Crippen molar-refractivity contribution in [3.63, 3.8) is 0 Å². The third kappa shape index (κ3) is 2.59. The van der Waals surface area contributed by atoms with Crippen LogP contribution in [-0.4, -0.2) is 15.6 Å². The summed E-state index contributed by atoms with van der Waals surface area (Å²) in [6.45, 7) is 0. The molecule has 0 aliphatic carbocycles. The van der Waals surface area contributed by atoms with Crippen LogP contribution in [0.2, 0.25) is 4.34 Å². The topological polar surface area (TPSA) is 34.9 Å². The fourth-order valence-corrected chi connectivity index (χ4v) is 2.18. The van der Waals surface area contributed by atoms with Crippen LogP contribution in [0.5, 0.6) is 0 Å². The maximum atomic E-state index is 11.7. The van der Waals surface area contributed by atoms with E-state index >= 15 is 0 Å². The minimum Gasteiger partial charge on any atom is -0.289 e. The van der Waals surface area contributed by atoms with Gasteiger partial charge in [-0.3, -0.25) is 9.48 Å². The third-order valence-corrected chi connectivity index (χ3v) is 3.18. The summed E-state index contributed by atoms with van der Waals surface area (Å²) in [6.07, 6.45) is 6.52. The molecule has 0 aliphatic rings. The number of halogens is 1. The van der Waals surface area contributed by atoms with Gasteiger partial charge in [-0.1, -0.05) is 11.6 Å². The molecule has 0 N–H and O–H groups in total. The number of aryl methyl sites for hydroxylation is 1. The van der Waals surface area contributed by atoms with Crippen molar-refractivity contribution in [2.75, 3.05) is 0 Å². The van der Waals surface area contributed by atoms with Crippen molar-refractivity contribution in [2.45, 2.75) is 0 Å². The fourth-order valence-electron chi connectivity index (χ4n) is 1.22. The molecule has 5 heteroatoms. The van der Waals surface area contributed by atoms with Crippen LogP contribution in [0.1, 0.15) is 15.2 Å². The number of nitrogens with zero attached hydrogens (tertiary/aromatic N) is 2. The molecule has 0 aromatic carbocycles. The number of ketones is 1. The van der Waals surface area contributed by atoms with Gasteiger partial charge in [0.05, 0.1) is 16.1 Å². The number of thiophene rings is 1. The van der Waals surface area contributed by atoms with Crippen LogP contribution in [-0.2, 0) is 7.05 Å². The second-order valence-corrected chi connectivity index (χ2v) is 4.99. The summed E-state index contributed by atoms with van der Waals surface area (Å²) in [7, 11) is 1.78. The lowest BCUT2D eigenvalue weighted by Gasteiger charge is -1.87. The summed E-state index contributed by atoms with van der Waals surface area (Å²) in [4.78, 5) is 12.6. The van der Waals surface area contributed by atoms with Crippen LogP contribution in [0.25, 0.3) is 6.08 Å². The average molecular weight is 253 g/mol. The minimum absolute atomic E-state index is 0.0578. The Labute approximate surface area is 102 Å². The van der Waals surface area contributed by atoms with Gasteiger partial charge in [0, 0.05) is 18.1 Å². The number of aromatic nitrogens is 2. The summed E-state index contributed by atoms with van der Waals surface area (Å²) in [5.41, 5.74) is 0.585. The fraction of sp³-hybridized carbons (Fsp3) is 0.0909. The van der Waals surface area contributed by atoms with Gasteiger partial charge in [0.2, 0.25) is 0 Å². The number of hydrogen-bond acceptors (Lipinski definition) is 3. The largest absolute Gasteiger partial charge is 0.289 e. The van der Waals surface area contributed by atoms with Gasteiger partial charge in [-0.2, -0.15) is 5.10 Å². The molecule has 0 spiro atoms. The first-order valence-electron chi connectivity index (χ1n) is 4.61. The Bertz CT molecular complexity index is 542. The summed E-state index contributed by atoms with van der Waals surface area (Å²) < 4.78 is 2.32. The van der Waals surface area contributed by atoms with Crippen LogP contribution >= 0.6 is 22.9 Å². The van der Waals surface area contributed by atoms with Crippen LogP contribution in [0, 0.1) is 0 Å². The summed E-state index contributed by atoms with van der Waals surface area (Å²) in [5.74, 6) is -0.0578. The zero-order chi connectivity index (χ0) is 11.5. The van der Waals surface area contributed by atoms with Gasteiger partial charge in [-0.05, 0) is 24.3 Å². The Morgan fingerprint density at radius 1 is 1.56 bits per heavy atom. The Balaban J connectivity index is 2.10. The van der Waals surface area contributed by atoms with E-state index in [1.807, 2.05) is 6.07 Å². The molecule has 0 saturated carbocycles. The number of rotatable bonds is 3. The predicted octanol–water partition coefficient (Wildman–Crippen LogP) is 3.03.